The monoisotopic (exact) mass is 269 g/mol. The highest BCUT2D eigenvalue weighted by Crippen LogP contribution is 2.30. The zero-order chi connectivity index (χ0) is 13.8. The van der Waals surface area contributed by atoms with E-state index in [0.717, 1.165) is 0 Å². The lowest BCUT2D eigenvalue weighted by atomic mass is 9.89. The number of hydrogen-bond acceptors (Lipinski definition) is 4. The maximum absolute atomic E-state index is 11.5. The molecule has 4 nitrogen and oxygen atoms in total. The summed E-state index contributed by atoms with van der Waals surface area (Å²) < 4.78 is 4.45. The predicted octanol–water partition coefficient (Wildman–Crippen LogP) is 2.01. The molecule has 0 aliphatic heterocycles. The fraction of sp³-hybridized carbons (Fsp3) is 0.538. The molecule has 18 heavy (non-hydrogen) atoms. The second-order valence-electron chi connectivity index (χ2n) is 4.85. The van der Waals surface area contributed by atoms with Gasteiger partial charge in [0, 0.05) is 16.8 Å². The molecular formula is C13H19NO3S. The molecule has 1 heterocycles. The summed E-state index contributed by atoms with van der Waals surface area (Å²) in [6, 6.07) is 2.07. The molecule has 1 N–H and O–H groups in total. The van der Waals surface area contributed by atoms with E-state index < -0.39 is 5.97 Å². The first kappa shape index (κ1) is 14.7. The van der Waals surface area contributed by atoms with Crippen molar-refractivity contribution in [3.63, 3.8) is 0 Å². The molecule has 1 aromatic rings. The molecule has 1 rings (SSSR count). The fourth-order valence-electron chi connectivity index (χ4n) is 1.73. The molecule has 0 aliphatic carbocycles. The number of ether oxygens (including phenoxy) is 1. The van der Waals surface area contributed by atoms with Crippen LogP contribution in [-0.2, 0) is 19.7 Å². The van der Waals surface area contributed by atoms with Crippen molar-refractivity contribution in [1.82, 2.24) is 5.32 Å². The van der Waals surface area contributed by atoms with E-state index in [-0.39, 0.29) is 17.7 Å². The Labute approximate surface area is 111 Å². The molecule has 0 saturated carbocycles. The van der Waals surface area contributed by atoms with Crippen LogP contribution in [-0.4, -0.2) is 25.5 Å². The number of aryl methyl sites for hydroxylation is 1. The van der Waals surface area contributed by atoms with Gasteiger partial charge in [0.1, 0.15) is 6.42 Å². The molecule has 0 fully saturated rings. The van der Waals surface area contributed by atoms with Crippen molar-refractivity contribution in [2.75, 3.05) is 13.7 Å². The Hall–Kier alpha value is -1.36. The Morgan fingerprint density at radius 1 is 1.44 bits per heavy atom. The van der Waals surface area contributed by atoms with Gasteiger partial charge in [0.2, 0.25) is 5.91 Å². The average molecular weight is 269 g/mol. The molecule has 0 radical (unpaired) electrons. The number of esters is 1. The summed E-state index contributed by atoms with van der Waals surface area (Å²) in [7, 11) is 1.27. The highest BCUT2D eigenvalue weighted by molar-refractivity contribution is 7.10. The second kappa shape index (κ2) is 6.00. The number of rotatable bonds is 5. The van der Waals surface area contributed by atoms with E-state index in [0.29, 0.717) is 6.54 Å². The van der Waals surface area contributed by atoms with Crippen molar-refractivity contribution in [3.05, 3.63) is 21.9 Å². The number of carbonyl (C=O) groups is 2. The lowest BCUT2D eigenvalue weighted by Crippen LogP contribution is -2.37. The van der Waals surface area contributed by atoms with Gasteiger partial charge in [0.15, 0.2) is 0 Å². The zero-order valence-corrected chi connectivity index (χ0v) is 12.0. The van der Waals surface area contributed by atoms with E-state index in [9.17, 15) is 9.59 Å². The molecule has 0 bridgehead atoms. The molecule has 0 spiro atoms. The van der Waals surface area contributed by atoms with Crippen LogP contribution < -0.4 is 5.32 Å². The Morgan fingerprint density at radius 3 is 2.61 bits per heavy atom. The lowest BCUT2D eigenvalue weighted by molar-refractivity contribution is -0.143. The molecule has 0 aliphatic rings. The Morgan fingerprint density at radius 2 is 2.11 bits per heavy atom. The number of carbonyl (C=O) groups excluding carboxylic acids is 2. The maximum Gasteiger partial charge on any atom is 0.315 e. The van der Waals surface area contributed by atoms with Crippen molar-refractivity contribution in [3.8, 4) is 0 Å². The minimum atomic E-state index is -0.516. The van der Waals surface area contributed by atoms with Gasteiger partial charge in [-0.15, -0.1) is 11.3 Å². The normalized spacial score (nSPS) is 11.1. The molecule has 1 aromatic heterocycles. The Kier molecular flexibility index (Phi) is 4.90. The third-order valence-corrected chi connectivity index (χ3v) is 4.12. The third kappa shape index (κ3) is 3.84. The molecule has 5 heteroatoms. The highest BCUT2D eigenvalue weighted by Gasteiger charge is 2.24. The number of hydrogen-bond donors (Lipinski definition) is 1. The summed E-state index contributed by atoms with van der Waals surface area (Å²) >= 11 is 1.68. The predicted molar refractivity (Wildman–Crippen MR) is 71.7 cm³/mol. The van der Waals surface area contributed by atoms with Crippen LogP contribution in [0, 0.1) is 6.92 Å². The minimum Gasteiger partial charge on any atom is -0.469 e. The van der Waals surface area contributed by atoms with E-state index >= 15 is 0 Å². The van der Waals surface area contributed by atoms with Crippen LogP contribution in [0.3, 0.4) is 0 Å². The largest absolute Gasteiger partial charge is 0.469 e. The first-order valence-corrected chi connectivity index (χ1v) is 6.63. The van der Waals surface area contributed by atoms with Gasteiger partial charge in [-0.1, -0.05) is 13.8 Å². The van der Waals surface area contributed by atoms with Gasteiger partial charge >= 0.3 is 5.97 Å². The lowest BCUT2D eigenvalue weighted by Gasteiger charge is -2.24. The van der Waals surface area contributed by atoms with E-state index in [1.54, 1.807) is 11.3 Å². The molecule has 0 saturated heterocycles. The Bertz CT molecular complexity index is 437. The van der Waals surface area contributed by atoms with E-state index in [4.69, 9.17) is 0 Å². The zero-order valence-electron chi connectivity index (χ0n) is 11.2. The van der Waals surface area contributed by atoms with E-state index in [2.05, 4.69) is 36.9 Å². The van der Waals surface area contributed by atoms with Gasteiger partial charge < -0.3 is 10.1 Å². The summed E-state index contributed by atoms with van der Waals surface area (Å²) in [5.74, 6) is -0.818. The van der Waals surface area contributed by atoms with Gasteiger partial charge in [-0.05, 0) is 23.9 Å². The van der Waals surface area contributed by atoms with Gasteiger partial charge in [-0.2, -0.15) is 0 Å². The van der Waals surface area contributed by atoms with Crippen LogP contribution in [0.15, 0.2) is 11.4 Å². The number of amides is 1. The van der Waals surface area contributed by atoms with Crippen LogP contribution in [0.2, 0.25) is 0 Å². The molecule has 0 aromatic carbocycles. The summed E-state index contributed by atoms with van der Waals surface area (Å²) in [5.41, 5.74) is 1.09. The first-order chi connectivity index (χ1) is 8.36. The van der Waals surface area contributed by atoms with Gasteiger partial charge in [0.25, 0.3) is 0 Å². The summed E-state index contributed by atoms with van der Waals surface area (Å²) in [5, 5.41) is 4.81. The third-order valence-electron chi connectivity index (χ3n) is 2.74. The van der Waals surface area contributed by atoms with Crippen LogP contribution >= 0.6 is 11.3 Å². The SMILES string of the molecule is COC(=O)CC(=O)NCC(C)(C)c1sccc1C. The number of thiophene rings is 1. The van der Waals surface area contributed by atoms with Crippen molar-refractivity contribution in [2.45, 2.75) is 32.6 Å². The standard InChI is InChI=1S/C13H19NO3S/c1-9-5-6-18-12(9)13(2,3)8-14-10(15)7-11(16)17-4/h5-6H,7-8H2,1-4H3,(H,14,15). The molecular weight excluding hydrogens is 250 g/mol. The van der Waals surface area contributed by atoms with Crippen LogP contribution in [0.1, 0.15) is 30.7 Å². The first-order valence-electron chi connectivity index (χ1n) is 5.75. The Balaban J connectivity index is 2.55. The minimum absolute atomic E-state index is 0.135. The van der Waals surface area contributed by atoms with Crippen LogP contribution in [0.4, 0.5) is 0 Å². The molecule has 0 unspecified atom stereocenters. The van der Waals surface area contributed by atoms with Crippen molar-refractivity contribution >= 4 is 23.2 Å². The van der Waals surface area contributed by atoms with E-state index in [1.165, 1.54) is 17.6 Å². The smallest absolute Gasteiger partial charge is 0.315 e. The van der Waals surface area contributed by atoms with Gasteiger partial charge in [-0.25, -0.2) is 0 Å². The van der Waals surface area contributed by atoms with Gasteiger partial charge in [-0.3, -0.25) is 9.59 Å². The van der Waals surface area contributed by atoms with Gasteiger partial charge in [0.05, 0.1) is 7.11 Å². The summed E-state index contributed by atoms with van der Waals surface area (Å²) in [6.45, 7) is 6.71. The average Bonchev–Trinajstić information content (AvgIpc) is 2.73. The van der Waals surface area contributed by atoms with Crippen LogP contribution in [0.5, 0.6) is 0 Å². The fourth-order valence-corrected chi connectivity index (χ4v) is 2.79. The van der Waals surface area contributed by atoms with Crippen molar-refractivity contribution < 1.29 is 14.3 Å². The molecule has 100 valence electrons. The van der Waals surface area contributed by atoms with Crippen LogP contribution in [0.25, 0.3) is 0 Å². The highest BCUT2D eigenvalue weighted by atomic mass is 32.1. The van der Waals surface area contributed by atoms with E-state index in [1.807, 2.05) is 5.38 Å². The number of methoxy groups -OCH3 is 1. The van der Waals surface area contributed by atoms with Crippen molar-refractivity contribution in [2.24, 2.45) is 0 Å². The summed E-state index contributed by atoms with van der Waals surface area (Å²) in [6.07, 6.45) is -0.226. The molecule has 0 atom stereocenters. The maximum atomic E-state index is 11.5. The second-order valence-corrected chi connectivity index (χ2v) is 5.76. The number of nitrogens with one attached hydrogen (secondary N) is 1. The molecule has 1 amide bonds. The van der Waals surface area contributed by atoms with Crippen molar-refractivity contribution in [1.29, 1.82) is 0 Å². The topological polar surface area (TPSA) is 55.4 Å². The summed E-state index contributed by atoms with van der Waals surface area (Å²) in [4.78, 5) is 23.7. The quantitative estimate of drug-likeness (QED) is 0.657.